The van der Waals surface area contributed by atoms with Crippen LogP contribution >= 0.6 is 53.6 Å². The van der Waals surface area contributed by atoms with E-state index >= 15 is 0 Å². The molecule has 0 bridgehead atoms. The molecule has 3 unspecified atom stereocenters. The van der Waals surface area contributed by atoms with Crippen molar-refractivity contribution in [3.63, 3.8) is 0 Å². The molecular formula is H4Cl2P4Pd. The van der Waals surface area contributed by atoms with Gasteiger partial charge in [-0.15, -0.1) is 8.93 Å². The van der Waals surface area contributed by atoms with Gasteiger partial charge in [0.2, 0.25) is 0 Å². The summed E-state index contributed by atoms with van der Waals surface area (Å²) >= 11 is 10.8. The Bertz CT molecular complexity index is 30.9. The fraction of sp³-hybridized carbons (Fsp3) is 0. The van der Waals surface area contributed by atoms with E-state index in [-0.39, 0.29) is 20.4 Å². The topological polar surface area (TPSA) is 0 Å². The minimum absolute atomic E-state index is 0. The van der Waals surface area contributed by atoms with Crippen molar-refractivity contribution in [1.82, 2.24) is 0 Å². The van der Waals surface area contributed by atoms with Crippen LogP contribution in [0.2, 0.25) is 0 Å². The molecule has 0 aliphatic heterocycles. The van der Waals surface area contributed by atoms with Crippen LogP contribution in [0.5, 0.6) is 0 Å². The van der Waals surface area contributed by atoms with Crippen LogP contribution in [-0.2, 0) is 20.4 Å². The monoisotopic (exact) mass is 304 g/mol. The van der Waals surface area contributed by atoms with E-state index in [0.717, 1.165) is 15.9 Å². The van der Waals surface area contributed by atoms with E-state index < -0.39 is 6.32 Å². The molecule has 0 N–H and O–H groups in total. The van der Waals surface area contributed by atoms with Gasteiger partial charge in [-0.3, -0.25) is 0 Å². The molecule has 0 aliphatic carbocycles. The first-order valence-electron chi connectivity index (χ1n) is 1.10. The van der Waals surface area contributed by atoms with Crippen molar-refractivity contribution >= 4 is 53.6 Å². The average Bonchev–Trinajstić information content (AvgIpc) is 1.35. The van der Waals surface area contributed by atoms with E-state index in [2.05, 4.69) is 8.93 Å². The van der Waals surface area contributed by atoms with Crippen molar-refractivity contribution in [1.29, 1.82) is 0 Å². The molecule has 0 nitrogen and oxygen atoms in total. The fourth-order valence-corrected chi connectivity index (χ4v) is 11.9. The van der Waals surface area contributed by atoms with Crippen molar-refractivity contribution in [2.45, 2.75) is 0 Å². The molecule has 0 aromatic carbocycles. The summed E-state index contributed by atoms with van der Waals surface area (Å²) in [5.41, 5.74) is 0. The van der Waals surface area contributed by atoms with E-state index in [1.807, 2.05) is 0 Å². The maximum atomic E-state index is 5.41. The SMILES string of the molecule is PPPP(Cl)Cl.[Pd]. The predicted molar refractivity (Wildman–Crippen MR) is 45.0 cm³/mol. The standard InChI is InChI=1S/Cl2H4P4.Pd/c1-6(2)5-4-3;/h4-5H,3H2;. The van der Waals surface area contributed by atoms with Gasteiger partial charge in [-0.05, 0) is 7.96 Å². The molecule has 0 amide bonds. The van der Waals surface area contributed by atoms with Gasteiger partial charge in [0, 0.05) is 20.4 Å². The third-order valence-electron chi connectivity index (χ3n) is 0.149. The van der Waals surface area contributed by atoms with Gasteiger partial charge in [0.1, 0.15) is 6.32 Å². The van der Waals surface area contributed by atoms with Crippen LogP contribution in [0.4, 0.5) is 0 Å². The summed E-state index contributed by atoms with van der Waals surface area (Å²) in [6.45, 7) is 0. The normalized spacial score (nSPS) is 12.0. The molecule has 7 heteroatoms. The van der Waals surface area contributed by atoms with Crippen LogP contribution in [0.1, 0.15) is 0 Å². The van der Waals surface area contributed by atoms with Crippen LogP contribution in [0.3, 0.4) is 0 Å². The zero-order valence-corrected chi connectivity index (χ0v) is 10.2. The number of halogens is 2. The van der Waals surface area contributed by atoms with Gasteiger partial charge < -0.3 is 0 Å². The molecular weight excluding hydrogens is 301 g/mol. The Balaban J connectivity index is 0. The summed E-state index contributed by atoms with van der Waals surface area (Å²) in [5.74, 6) is 0. The van der Waals surface area contributed by atoms with Crippen molar-refractivity contribution in [2.75, 3.05) is 0 Å². The predicted octanol–water partition coefficient (Wildman–Crippen LogP) is 3.75. The van der Waals surface area contributed by atoms with Crippen LogP contribution in [0.15, 0.2) is 0 Å². The number of hydrogen-bond donors (Lipinski definition) is 0. The summed E-state index contributed by atoms with van der Waals surface area (Å²) < 4.78 is 0. The van der Waals surface area contributed by atoms with Gasteiger partial charge in [0.05, 0.1) is 0 Å². The van der Waals surface area contributed by atoms with E-state index in [1.54, 1.807) is 0 Å². The Morgan fingerprint density at radius 1 is 1.43 bits per heavy atom. The second kappa shape index (κ2) is 8.96. The molecule has 0 fully saturated rings. The Morgan fingerprint density at radius 2 is 1.86 bits per heavy atom. The second-order valence-electron chi connectivity index (χ2n) is 0.489. The molecule has 0 spiro atoms. The fourth-order valence-electron chi connectivity index (χ4n) is 0.0488. The summed E-state index contributed by atoms with van der Waals surface area (Å²) in [7, 11) is 4.22. The summed E-state index contributed by atoms with van der Waals surface area (Å²) in [6.07, 6.45) is -0.637. The van der Waals surface area contributed by atoms with Crippen molar-refractivity contribution in [2.24, 2.45) is 0 Å². The molecule has 0 saturated carbocycles. The molecule has 0 aliphatic rings. The molecule has 0 radical (unpaired) electrons. The van der Waals surface area contributed by atoms with Gasteiger partial charge in [-0.1, -0.05) is 30.4 Å². The minimum atomic E-state index is -0.637. The molecule has 7 heavy (non-hydrogen) atoms. The van der Waals surface area contributed by atoms with Crippen molar-refractivity contribution in [3.05, 3.63) is 0 Å². The zero-order chi connectivity index (χ0) is 4.99. The molecule has 3 atom stereocenters. The molecule has 0 rings (SSSR count). The van der Waals surface area contributed by atoms with Crippen molar-refractivity contribution < 1.29 is 20.4 Å². The first-order valence-corrected chi connectivity index (χ1v) is 9.90. The van der Waals surface area contributed by atoms with Crippen LogP contribution in [-0.4, -0.2) is 0 Å². The summed E-state index contributed by atoms with van der Waals surface area (Å²) in [6, 6.07) is 0. The molecule has 0 aromatic heterocycles. The number of rotatable bonds is 2. The average molecular weight is 305 g/mol. The first kappa shape index (κ1) is 12.6. The smallest absolute Gasteiger partial charge is 0.110 e. The number of hydrogen-bond acceptors (Lipinski definition) is 0. The van der Waals surface area contributed by atoms with E-state index in [4.69, 9.17) is 22.5 Å². The maximum absolute atomic E-state index is 5.41. The van der Waals surface area contributed by atoms with Crippen LogP contribution < -0.4 is 0 Å². The van der Waals surface area contributed by atoms with Gasteiger partial charge in [0.15, 0.2) is 0 Å². The van der Waals surface area contributed by atoms with Gasteiger partial charge in [0.25, 0.3) is 0 Å². The van der Waals surface area contributed by atoms with Crippen LogP contribution in [0, 0.1) is 0 Å². The molecule has 0 heterocycles. The Hall–Kier alpha value is 2.96. The van der Waals surface area contributed by atoms with E-state index in [0.29, 0.717) is 0 Å². The summed E-state index contributed by atoms with van der Waals surface area (Å²) in [5, 5.41) is 0. The zero-order valence-electron chi connectivity index (χ0n) is 3.10. The Labute approximate surface area is 73.7 Å². The molecule has 0 saturated heterocycles. The van der Waals surface area contributed by atoms with Crippen molar-refractivity contribution in [3.8, 4) is 0 Å². The van der Waals surface area contributed by atoms with Gasteiger partial charge >= 0.3 is 0 Å². The third-order valence-corrected chi connectivity index (χ3v) is 12.1. The van der Waals surface area contributed by atoms with Gasteiger partial charge in [-0.2, -0.15) is 0 Å². The first-order chi connectivity index (χ1) is 2.77. The third kappa shape index (κ3) is 12.2. The van der Waals surface area contributed by atoms with E-state index in [1.165, 1.54) is 0 Å². The maximum Gasteiger partial charge on any atom is 0.110 e. The minimum Gasteiger partial charge on any atom is -0.110 e. The van der Waals surface area contributed by atoms with Gasteiger partial charge in [-0.25, -0.2) is 0 Å². The molecule has 0 aromatic rings. The largest absolute Gasteiger partial charge is 0.110 e. The van der Waals surface area contributed by atoms with Crippen LogP contribution in [0.25, 0.3) is 0 Å². The Kier molecular flexibility index (Phi) is 16.2. The quantitative estimate of drug-likeness (QED) is 0.538. The van der Waals surface area contributed by atoms with E-state index in [9.17, 15) is 0 Å². The Morgan fingerprint density at radius 3 is 1.86 bits per heavy atom. The summed E-state index contributed by atoms with van der Waals surface area (Å²) in [4.78, 5) is 0. The second-order valence-corrected chi connectivity index (χ2v) is 13.2. The molecule has 48 valence electrons.